The largest absolute Gasteiger partial charge is 0.454 e. The monoisotopic (exact) mass is 354 g/mol. The van der Waals surface area contributed by atoms with Crippen molar-refractivity contribution in [2.24, 2.45) is 0 Å². The first-order chi connectivity index (χ1) is 12.2. The number of ether oxygens (including phenoxy) is 2. The van der Waals surface area contributed by atoms with E-state index in [0.717, 1.165) is 40.4 Å². The van der Waals surface area contributed by atoms with Crippen LogP contribution < -0.4 is 15.1 Å². The fourth-order valence-electron chi connectivity index (χ4n) is 2.92. The predicted octanol–water partition coefficient (Wildman–Crippen LogP) is 4.52. The first-order valence-electron chi connectivity index (χ1n) is 8.25. The van der Waals surface area contributed by atoms with Gasteiger partial charge in [-0.15, -0.1) is 0 Å². The SMILES string of the molecule is CCc1ccc2c(CSCc3ccc4c(c3)OCO4)cc(=O)oc2c1. The van der Waals surface area contributed by atoms with E-state index in [1.807, 2.05) is 30.3 Å². The number of hydrogen-bond acceptors (Lipinski definition) is 5. The van der Waals surface area contributed by atoms with E-state index < -0.39 is 0 Å². The third kappa shape index (κ3) is 3.37. The van der Waals surface area contributed by atoms with Crippen LogP contribution in [0.4, 0.5) is 0 Å². The Bertz CT molecular complexity index is 977. The Morgan fingerprint density at radius 2 is 1.80 bits per heavy atom. The minimum atomic E-state index is -0.292. The molecule has 0 aliphatic carbocycles. The fourth-order valence-corrected chi connectivity index (χ4v) is 3.90. The van der Waals surface area contributed by atoms with Gasteiger partial charge in [0.05, 0.1) is 0 Å². The van der Waals surface area contributed by atoms with Crippen molar-refractivity contribution >= 4 is 22.7 Å². The summed E-state index contributed by atoms with van der Waals surface area (Å²) in [7, 11) is 0. The van der Waals surface area contributed by atoms with Crippen molar-refractivity contribution in [1.82, 2.24) is 0 Å². The summed E-state index contributed by atoms with van der Waals surface area (Å²) in [5.41, 5.74) is 3.74. The Labute approximate surface area is 149 Å². The highest BCUT2D eigenvalue weighted by Crippen LogP contribution is 2.34. The van der Waals surface area contributed by atoms with E-state index in [9.17, 15) is 4.79 Å². The molecule has 0 saturated carbocycles. The zero-order valence-electron chi connectivity index (χ0n) is 13.9. The summed E-state index contributed by atoms with van der Waals surface area (Å²) in [6.45, 7) is 2.38. The van der Waals surface area contributed by atoms with Crippen LogP contribution in [0, 0.1) is 0 Å². The molecule has 5 heteroatoms. The van der Waals surface area contributed by atoms with Gasteiger partial charge in [-0.1, -0.05) is 25.1 Å². The van der Waals surface area contributed by atoms with Crippen molar-refractivity contribution in [3.05, 3.63) is 69.6 Å². The smallest absolute Gasteiger partial charge is 0.336 e. The molecule has 2 aromatic carbocycles. The number of fused-ring (bicyclic) bond motifs is 2. The normalized spacial score (nSPS) is 12.7. The minimum Gasteiger partial charge on any atom is -0.454 e. The zero-order chi connectivity index (χ0) is 17.2. The maximum Gasteiger partial charge on any atom is 0.336 e. The second-order valence-corrected chi connectivity index (χ2v) is 6.94. The van der Waals surface area contributed by atoms with Crippen molar-refractivity contribution in [2.75, 3.05) is 6.79 Å². The second-order valence-electron chi connectivity index (χ2n) is 5.96. The summed E-state index contributed by atoms with van der Waals surface area (Å²) in [4.78, 5) is 11.9. The number of benzene rings is 2. The van der Waals surface area contributed by atoms with Crippen molar-refractivity contribution in [3.63, 3.8) is 0 Å². The van der Waals surface area contributed by atoms with Crippen LogP contribution in [-0.4, -0.2) is 6.79 Å². The van der Waals surface area contributed by atoms with Crippen molar-refractivity contribution in [2.45, 2.75) is 24.9 Å². The Morgan fingerprint density at radius 1 is 0.960 bits per heavy atom. The number of aryl methyl sites for hydroxylation is 1. The van der Waals surface area contributed by atoms with Gasteiger partial charge in [-0.3, -0.25) is 0 Å². The van der Waals surface area contributed by atoms with Crippen LogP contribution in [0.1, 0.15) is 23.6 Å². The van der Waals surface area contributed by atoms with E-state index in [0.29, 0.717) is 5.58 Å². The molecule has 0 saturated heterocycles. The minimum absolute atomic E-state index is 0.289. The third-order valence-electron chi connectivity index (χ3n) is 4.27. The summed E-state index contributed by atoms with van der Waals surface area (Å²) in [6.07, 6.45) is 0.919. The van der Waals surface area contributed by atoms with Gasteiger partial charge in [0.25, 0.3) is 0 Å². The van der Waals surface area contributed by atoms with Crippen LogP contribution in [0.15, 0.2) is 51.7 Å². The summed E-state index contributed by atoms with van der Waals surface area (Å²) in [6, 6.07) is 13.7. The van der Waals surface area contributed by atoms with Crippen molar-refractivity contribution < 1.29 is 13.9 Å². The van der Waals surface area contributed by atoms with Gasteiger partial charge in [-0.25, -0.2) is 4.79 Å². The first kappa shape index (κ1) is 16.1. The van der Waals surface area contributed by atoms with Gasteiger partial charge in [0, 0.05) is 23.0 Å². The van der Waals surface area contributed by atoms with Crippen LogP contribution in [0.2, 0.25) is 0 Å². The summed E-state index contributed by atoms with van der Waals surface area (Å²) in [5, 5.41) is 1.01. The molecule has 0 spiro atoms. The molecule has 0 fully saturated rings. The molecule has 0 atom stereocenters. The highest BCUT2D eigenvalue weighted by Gasteiger charge is 2.13. The molecule has 25 heavy (non-hydrogen) atoms. The summed E-state index contributed by atoms with van der Waals surface area (Å²) < 4.78 is 16.1. The van der Waals surface area contributed by atoms with Gasteiger partial charge >= 0.3 is 5.63 Å². The standard InChI is InChI=1S/C20H18O4S/c1-2-13-3-5-16-15(9-20(21)24-18(16)7-13)11-25-10-14-4-6-17-19(8-14)23-12-22-17/h3-9H,2,10-12H2,1H3. The van der Waals surface area contributed by atoms with Crippen LogP contribution in [0.25, 0.3) is 11.0 Å². The molecular weight excluding hydrogens is 336 g/mol. The van der Waals surface area contributed by atoms with E-state index in [1.54, 1.807) is 17.8 Å². The number of thioether (sulfide) groups is 1. The lowest BCUT2D eigenvalue weighted by molar-refractivity contribution is 0.174. The Hall–Kier alpha value is -2.40. The fraction of sp³-hybridized carbons (Fsp3) is 0.250. The summed E-state index contributed by atoms with van der Waals surface area (Å²) in [5.74, 6) is 3.19. The molecule has 4 nitrogen and oxygen atoms in total. The molecule has 128 valence electrons. The highest BCUT2D eigenvalue weighted by molar-refractivity contribution is 7.97. The lowest BCUT2D eigenvalue weighted by atomic mass is 10.1. The molecule has 0 radical (unpaired) electrons. The van der Waals surface area contributed by atoms with E-state index in [-0.39, 0.29) is 12.4 Å². The number of rotatable bonds is 5. The van der Waals surface area contributed by atoms with Crippen LogP contribution in [0.5, 0.6) is 11.5 Å². The van der Waals surface area contributed by atoms with Gasteiger partial charge in [0.15, 0.2) is 11.5 Å². The Morgan fingerprint density at radius 3 is 2.68 bits per heavy atom. The topological polar surface area (TPSA) is 48.7 Å². The average Bonchev–Trinajstić information content (AvgIpc) is 3.08. The molecule has 4 rings (SSSR count). The average molecular weight is 354 g/mol. The third-order valence-corrected chi connectivity index (χ3v) is 5.32. The van der Waals surface area contributed by atoms with Gasteiger partial charge in [0.1, 0.15) is 5.58 Å². The van der Waals surface area contributed by atoms with Crippen molar-refractivity contribution in [1.29, 1.82) is 0 Å². The van der Waals surface area contributed by atoms with Crippen LogP contribution in [0.3, 0.4) is 0 Å². The molecule has 1 aliphatic rings. The molecule has 0 unspecified atom stereocenters. The second kappa shape index (κ2) is 6.84. The molecular formula is C20H18O4S. The molecule has 0 amide bonds. The lowest BCUT2D eigenvalue weighted by Gasteiger charge is -2.07. The maximum absolute atomic E-state index is 11.9. The molecule has 1 aromatic heterocycles. The number of hydrogen-bond donors (Lipinski definition) is 0. The van der Waals surface area contributed by atoms with E-state index in [2.05, 4.69) is 13.0 Å². The zero-order valence-corrected chi connectivity index (χ0v) is 14.7. The molecule has 1 aliphatic heterocycles. The van der Waals surface area contributed by atoms with Gasteiger partial charge in [0.2, 0.25) is 6.79 Å². The lowest BCUT2D eigenvalue weighted by Crippen LogP contribution is -2.00. The molecule has 0 bridgehead atoms. The van der Waals surface area contributed by atoms with Gasteiger partial charge in [-0.2, -0.15) is 11.8 Å². The Kier molecular flexibility index (Phi) is 4.40. The van der Waals surface area contributed by atoms with E-state index >= 15 is 0 Å². The first-order valence-corrected chi connectivity index (χ1v) is 9.40. The molecule has 2 heterocycles. The highest BCUT2D eigenvalue weighted by atomic mass is 32.2. The van der Waals surface area contributed by atoms with E-state index in [4.69, 9.17) is 13.9 Å². The summed E-state index contributed by atoms with van der Waals surface area (Å²) >= 11 is 1.76. The molecule has 3 aromatic rings. The maximum atomic E-state index is 11.9. The van der Waals surface area contributed by atoms with E-state index in [1.165, 1.54) is 11.1 Å². The Balaban J connectivity index is 1.52. The van der Waals surface area contributed by atoms with Crippen molar-refractivity contribution in [3.8, 4) is 11.5 Å². The van der Waals surface area contributed by atoms with Gasteiger partial charge < -0.3 is 13.9 Å². The molecule has 0 N–H and O–H groups in total. The van der Waals surface area contributed by atoms with Crippen LogP contribution >= 0.6 is 11.8 Å². The van der Waals surface area contributed by atoms with Gasteiger partial charge in [-0.05, 0) is 41.3 Å². The van der Waals surface area contributed by atoms with Crippen LogP contribution in [-0.2, 0) is 17.9 Å². The quantitative estimate of drug-likeness (QED) is 0.631. The predicted molar refractivity (Wildman–Crippen MR) is 99.4 cm³/mol.